The maximum Gasteiger partial charge on any atom is 0.335 e. The molecular weight excluding hydrogens is 640 g/mol. The van der Waals surface area contributed by atoms with Gasteiger partial charge in [-0.15, -0.1) is 0 Å². The zero-order valence-electron chi connectivity index (χ0n) is 20.1. The highest BCUT2D eigenvalue weighted by Crippen LogP contribution is 2.36. The third kappa shape index (κ3) is 6.21. The number of urea groups is 1. The van der Waals surface area contributed by atoms with E-state index in [9.17, 15) is 29.3 Å². The number of carbonyl (C=O) groups is 4. The van der Waals surface area contributed by atoms with Crippen LogP contribution in [0.15, 0.2) is 75.2 Å². The summed E-state index contributed by atoms with van der Waals surface area (Å²) in [6, 6.07) is 14.2. The van der Waals surface area contributed by atoms with Crippen LogP contribution in [0.4, 0.5) is 21.9 Å². The number of amides is 5. The summed E-state index contributed by atoms with van der Waals surface area (Å²) < 4.78 is 6.53. The monoisotopic (exact) mass is 656 g/mol. The Morgan fingerprint density at radius 1 is 1.08 bits per heavy atom. The minimum atomic E-state index is -0.980. The Labute approximate surface area is 238 Å². The lowest BCUT2D eigenvalue weighted by Gasteiger charge is -2.26. The molecule has 11 nitrogen and oxygen atoms in total. The van der Waals surface area contributed by atoms with Gasteiger partial charge in [-0.2, -0.15) is 0 Å². The number of nitrogens with one attached hydrogen (secondary N) is 2. The summed E-state index contributed by atoms with van der Waals surface area (Å²) in [4.78, 5) is 61.4. The smallest absolute Gasteiger partial charge is 0.335 e. The number of barbiturate groups is 1. The number of hydrogen-bond acceptors (Lipinski definition) is 7. The normalized spacial score (nSPS) is 14.3. The number of aryl methyl sites for hydroxylation is 1. The van der Waals surface area contributed by atoms with Crippen LogP contribution in [-0.4, -0.2) is 35.3 Å². The molecule has 39 heavy (non-hydrogen) atoms. The van der Waals surface area contributed by atoms with E-state index in [0.29, 0.717) is 30.8 Å². The van der Waals surface area contributed by atoms with Gasteiger partial charge in [0.15, 0.2) is 6.61 Å². The van der Waals surface area contributed by atoms with Crippen molar-refractivity contribution >= 4 is 78.8 Å². The largest absolute Gasteiger partial charge is 0.481 e. The molecule has 0 atom stereocenters. The van der Waals surface area contributed by atoms with Crippen molar-refractivity contribution in [3.8, 4) is 5.75 Å². The molecule has 3 aromatic rings. The van der Waals surface area contributed by atoms with E-state index in [1.807, 2.05) is 25.1 Å². The van der Waals surface area contributed by atoms with Crippen LogP contribution in [0.1, 0.15) is 11.1 Å². The van der Waals surface area contributed by atoms with E-state index in [0.717, 1.165) is 17.7 Å². The highest BCUT2D eigenvalue weighted by molar-refractivity contribution is 9.11. The number of nitro benzene ring substituents is 1. The fourth-order valence-corrected chi connectivity index (χ4v) is 5.07. The second-order valence-electron chi connectivity index (χ2n) is 8.20. The van der Waals surface area contributed by atoms with Crippen LogP contribution in [0.3, 0.4) is 0 Å². The molecule has 1 saturated heterocycles. The number of hydrogen-bond donors (Lipinski definition) is 2. The van der Waals surface area contributed by atoms with Crippen molar-refractivity contribution in [1.82, 2.24) is 5.32 Å². The second kappa shape index (κ2) is 11.6. The van der Waals surface area contributed by atoms with Gasteiger partial charge in [-0.25, -0.2) is 9.69 Å². The van der Waals surface area contributed by atoms with Crippen LogP contribution in [0.5, 0.6) is 5.75 Å². The van der Waals surface area contributed by atoms with Gasteiger partial charge >= 0.3 is 6.03 Å². The third-order valence-electron chi connectivity index (χ3n) is 5.52. The number of halogens is 2. The van der Waals surface area contributed by atoms with Crippen LogP contribution in [-0.2, 0) is 14.4 Å². The average molecular weight is 658 g/mol. The molecular formula is C26H18Br2N4O7. The van der Waals surface area contributed by atoms with E-state index < -0.39 is 22.8 Å². The number of carbonyl (C=O) groups excluding carboxylic acids is 4. The van der Waals surface area contributed by atoms with Crippen LogP contribution in [0.2, 0.25) is 0 Å². The van der Waals surface area contributed by atoms with E-state index in [1.165, 1.54) is 18.2 Å². The molecule has 13 heteroatoms. The summed E-state index contributed by atoms with van der Waals surface area (Å²) in [5.41, 5.74) is 1.47. The molecule has 3 aromatic carbocycles. The molecule has 0 aromatic heterocycles. The van der Waals surface area contributed by atoms with E-state index in [2.05, 4.69) is 42.5 Å². The summed E-state index contributed by atoms with van der Waals surface area (Å²) >= 11 is 6.75. The minimum absolute atomic E-state index is 0.0524. The van der Waals surface area contributed by atoms with Crippen molar-refractivity contribution in [2.45, 2.75) is 6.92 Å². The number of rotatable bonds is 7. The molecule has 0 bridgehead atoms. The predicted molar refractivity (Wildman–Crippen MR) is 149 cm³/mol. The van der Waals surface area contributed by atoms with E-state index in [4.69, 9.17) is 4.74 Å². The summed E-state index contributed by atoms with van der Waals surface area (Å²) in [5, 5.41) is 15.8. The maximum atomic E-state index is 13.1. The Morgan fingerprint density at radius 3 is 2.33 bits per heavy atom. The molecule has 0 radical (unpaired) electrons. The van der Waals surface area contributed by atoms with Gasteiger partial charge in [-0.1, -0.05) is 18.2 Å². The summed E-state index contributed by atoms with van der Waals surface area (Å²) in [6.45, 7) is 1.59. The van der Waals surface area contributed by atoms with Gasteiger partial charge in [0.05, 0.1) is 19.6 Å². The molecule has 198 valence electrons. The van der Waals surface area contributed by atoms with Gasteiger partial charge < -0.3 is 10.1 Å². The topological polar surface area (TPSA) is 148 Å². The fraction of sp³-hybridized carbons (Fsp3) is 0.0769. The highest BCUT2D eigenvalue weighted by Gasteiger charge is 2.37. The molecule has 0 spiro atoms. The first kappa shape index (κ1) is 27.7. The standard InChI is InChI=1S/C26H18Br2N4O7/c1-14-4-2-3-5-21(14)29-22(33)13-39-23-19(27)11-15(12-20(23)28)10-18-24(34)30-26(36)31(25(18)35)16-6-8-17(9-7-16)32(37)38/h2-12H,13H2,1H3,(H,29,33)(H,30,34,36)/b18-10-. The zero-order chi connectivity index (χ0) is 28.3. The predicted octanol–water partition coefficient (Wildman–Crippen LogP) is 5.11. The third-order valence-corrected chi connectivity index (χ3v) is 6.70. The number of benzene rings is 3. The van der Waals surface area contributed by atoms with Gasteiger partial charge in [-0.05, 0) is 86.3 Å². The first-order valence-corrected chi connectivity index (χ1v) is 12.8. The van der Waals surface area contributed by atoms with Gasteiger partial charge in [0.1, 0.15) is 11.3 Å². The Bertz CT molecular complexity index is 1530. The van der Waals surface area contributed by atoms with Crippen molar-refractivity contribution in [3.63, 3.8) is 0 Å². The number of ether oxygens (including phenoxy) is 1. The lowest BCUT2D eigenvalue weighted by molar-refractivity contribution is -0.384. The molecule has 1 aliphatic heterocycles. The van der Waals surface area contributed by atoms with Gasteiger partial charge in [-0.3, -0.25) is 29.8 Å². The number of non-ortho nitro benzene ring substituents is 1. The average Bonchev–Trinajstić information content (AvgIpc) is 2.87. The Morgan fingerprint density at radius 2 is 1.72 bits per heavy atom. The zero-order valence-corrected chi connectivity index (χ0v) is 23.2. The summed E-state index contributed by atoms with van der Waals surface area (Å²) in [5.74, 6) is -1.85. The minimum Gasteiger partial charge on any atom is -0.481 e. The number of nitrogens with zero attached hydrogens (tertiary/aromatic N) is 2. The molecule has 5 amide bonds. The molecule has 2 N–H and O–H groups in total. The Kier molecular flexibility index (Phi) is 8.21. The Balaban J connectivity index is 1.53. The number of imide groups is 2. The van der Waals surface area contributed by atoms with Gasteiger partial charge in [0.2, 0.25) is 0 Å². The van der Waals surface area contributed by atoms with E-state index in [-0.39, 0.29) is 29.5 Å². The van der Waals surface area contributed by atoms with E-state index in [1.54, 1.807) is 18.2 Å². The van der Waals surface area contributed by atoms with Crippen LogP contribution < -0.4 is 20.3 Å². The molecule has 0 saturated carbocycles. The molecule has 1 heterocycles. The molecule has 0 unspecified atom stereocenters. The number of para-hydroxylation sites is 1. The van der Waals surface area contributed by atoms with Crippen molar-refractivity contribution < 1.29 is 28.8 Å². The molecule has 1 fully saturated rings. The number of anilines is 2. The van der Waals surface area contributed by atoms with Gasteiger partial charge in [0.25, 0.3) is 23.4 Å². The van der Waals surface area contributed by atoms with Crippen molar-refractivity contribution in [3.05, 3.63) is 96.4 Å². The highest BCUT2D eigenvalue weighted by atomic mass is 79.9. The van der Waals surface area contributed by atoms with Crippen molar-refractivity contribution in [1.29, 1.82) is 0 Å². The molecule has 4 rings (SSSR count). The summed E-state index contributed by atoms with van der Waals surface area (Å²) in [6.07, 6.45) is 1.28. The van der Waals surface area contributed by atoms with Crippen molar-refractivity contribution in [2.75, 3.05) is 16.8 Å². The second-order valence-corrected chi connectivity index (χ2v) is 9.91. The van der Waals surface area contributed by atoms with Crippen LogP contribution >= 0.6 is 31.9 Å². The van der Waals surface area contributed by atoms with Crippen LogP contribution in [0.25, 0.3) is 6.08 Å². The quantitative estimate of drug-likeness (QED) is 0.155. The summed E-state index contributed by atoms with van der Waals surface area (Å²) in [7, 11) is 0. The first-order chi connectivity index (χ1) is 18.5. The molecule has 1 aliphatic rings. The Hall–Kier alpha value is -4.36. The maximum absolute atomic E-state index is 13.1. The lowest BCUT2D eigenvalue weighted by atomic mass is 10.1. The fourth-order valence-electron chi connectivity index (χ4n) is 3.62. The van der Waals surface area contributed by atoms with Crippen molar-refractivity contribution in [2.24, 2.45) is 0 Å². The number of nitro groups is 1. The van der Waals surface area contributed by atoms with E-state index >= 15 is 0 Å². The van der Waals surface area contributed by atoms with Crippen LogP contribution in [0, 0.1) is 17.0 Å². The molecule has 0 aliphatic carbocycles. The van der Waals surface area contributed by atoms with Gasteiger partial charge in [0, 0.05) is 17.8 Å². The lowest BCUT2D eigenvalue weighted by Crippen LogP contribution is -2.54. The SMILES string of the molecule is Cc1ccccc1NC(=O)COc1c(Br)cc(/C=C2/C(=O)NC(=O)N(c3ccc([N+](=O)[O-])cc3)C2=O)cc1Br. The first-order valence-electron chi connectivity index (χ1n) is 11.2.